The van der Waals surface area contributed by atoms with Gasteiger partial charge >= 0.3 is 0 Å². The maximum absolute atomic E-state index is 6.11. The van der Waals surface area contributed by atoms with Crippen molar-refractivity contribution in [2.45, 2.75) is 71.4 Å². The van der Waals surface area contributed by atoms with Gasteiger partial charge < -0.3 is 9.41 Å². The molecule has 0 aromatic carbocycles. The third-order valence-electron chi connectivity index (χ3n) is 3.25. The van der Waals surface area contributed by atoms with Crippen LogP contribution in [0.25, 0.3) is 0 Å². The van der Waals surface area contributed by atoms with Crippen LogP contribution in [0.5, 0.6) is 0 Å². The lowest BCUT2D eigenvalue weighted by atomic mass is 10.4. The number of nitrogens with one attached hydrogen (secondary N) is 1. The molecule has 0 fully saturated rings. The van der Waals surface area contributed by atoms with E-state index in [1.54, 1.807) is 0 Å². The molecule has 0 heterocycles. The van der Waals surface area contributed by atoms with Gasteiger partial charge in [-0.15, -0.1) is 0 Å². The second-order valence-corrected chi connectivity index (χ2v) is 15.3. The lowest BCUT2D eigenvalue weighted by Crippen LogP contribution is -2.48. The first-order chi connectivity index (χ1) is 7.83. The molecular weight excluding hydrogens is 242 g/mol. The summed E-state index contributed by atoms with van der Waals surface area (Å²) in [5.74, 6) is 0. The van der Waals surface area contributed by atoms with Gasteiger partial charge in [-0.05, 0) is 32.1 Å². The van der Waals surface area contributed by atoms with E-state index >= 15 is 0 Å². The average molecular weight is 276 g/mol. The van der Waals surface area contributed by atoms with Crippen LogP contribution < -0.4 is 4.98 Å². The van der Waals surface area contributed by atoms with Crippen LogP contribution >= 0.6 is 0 Å². The molecule has 0 radical (unpaired) electrons. The molecular formula is C13H33NOSi2. The maximum Gasteiger partial charge on any atom is 0.262 e. The van der Waals surface area contributed by atoms with E-state index < -0.39 is 16.6 Å². The molecule has 0 aromatic rings. The average Bonchev–Trinajstić information content (AvgIpc) is 2.23. The molecule has 0 unspecified atom stereocenters. The molecule has 2 nitrogen and oxygen atoms in total. The SMILES string of the molecule is CCCC[Si](C)(C)CCO[Si](C)(C)NCCC. The molecule has 17 heavy (non-hydrogen) atoms. The van der Waals surface area contributed by atoms with Crippen LogP contribution in [0.2, 0.25) is 38.3 Å². The van der Waals surface area contributed by atoms with Gasteiger partial charge in [-0.2, -0.15) is 0 Å². The topological polar surface area (TPSA) is 21.3 Å². The Labute approximate surface area is 111 Å². The van der Waals surface area contributed by atoms with Gasteiger partial charge in [0.2, 0.25) is 0 Å². The minimum Gasteiger partial charge on any atom is -0.404 e. The van der Waals surface area contributed by atoms with Gasteiger partial charge in [-0.3, -0.25) is 0 Å². The zero-order chi connectivity index (χ0) is 13.4. The van der Waals surface area contributed by atoms with E-state index in [1.807, 2.05) is 0 Å². The molecule has 0 rings (SSSR count). The van der Waals surface area contributed by atoms with Gasteiger partial charge in [-0.1, -0.05) is 45.8 Å². The number of hydrogen-bond donors (Lipinski definition) is 1. The fourth-order valence-corrected chi connectivity index (χ4v) is 5.83. The molecule has 4 heteroatoms. The highest BCUT2D eigenvalue weighted by atomic mass is 28.4. The lowest BCUT2D eigenvalue weighted by molar-refractivity contribution is 0.317. The van der Waals surface area contributed by atoms with Crippen molar-refractivity contribution in [3.8, 4) is 0 Å². The molecule has 0 saturated carbocycles. The highest BCUT2D eigenvalue weighted by Gasteiger charge is 2.24. The van der Waals surface area contributed by atoms with Crippen molar-refractivity contribution in [3.63, 3.8) is 0 Å². The summed E-state index contributed by atoms with van der Waals surface area (Å²) < 4.78 is 6.11. The van der Waals surface area contributed by atoms with E-state index in [0.29, 0.717) is 0 Å². The van der Waals surface area contributed by atoms with E-state index in [9.17, 15) is 0 Å². The Morgan fingerprint density at radius 1 is 0.941 bits per heavy atom. The van der Waals surface area contributed by atoms with Gasteiger partial charge in [0, 0.05) is 14.7 Å². The van der Waals surface area contributed by atoms with Gasteiger partial charge in [0.25, 0.3) is 8.48 Å². The first-order valence-electron chi connectivity index (χ1n) is 7.22. The van der Waals surface area contributed by atoms with Crippen LogP contribution in [0.1, 0.15) is 33.1 Å². The number of hydrogen-bond acceptors (Lipinski definition) is 2. The van der Waals surface area contributed by atoms with Crippen LogP contribution in [-0.2, 0) is 4.43 Å². The lowest BCUT2D eigenvalue weighted by Gasteiger charge is -2.27. The van der Waals surface area contributed by atoms with Crippen molar-refractivity contribution in [2.75, 3.05) is 13.2 Å². The summed E-state index contributed by atoms with van der Waals surface area (Å²) in [6.45, 7) is 16.1. The van der Waals surface area contributed by atoms with Gasteiger partial charge in [0.1, 0.15) is 0 Å². The molecule has 0 saturated heterocycles. The second kappa shape index (κ2) is 8.45. The minimum absolute atomic E-state index is 0.971. The molecule has 0 aliphatic heterocycles. The summed E-state index contributed by atoms with van der Waals surface area (Å²) in [5.41, 5.74) is 0. The molecule has 0 aliphatic carbocycles. The monoisotopic (exact) mass is 275 g/mol. The smallest absolute Gasteiger partial charge is 0.262 e. The van der Waals surface area contributed by atoms with Crippen LogP contribution in [0, 0.1) is 0 Å². The molecule has 0 aromatic heterocycles. The van der Waals surface area contributed by atoms with Crippen molar-refractivity contribution in [2.24, 2.45) is 0 Å². The van der Waals surface area contributed by atoms with Crippen molar-refractivity contribution in [3.05, 3.63) is 0 Å². The molecule has 0 atom stereocenters. The first kappa shape index (κ1) is 17.4. The molecule has 104 valence electrons. The standard InChI is InChI=1S/C13H33NOSi2/c1-7-9-12-16(3,4)13-11-15-17(5,6)14-10-8-2/h14H,7-13H2,1-6H3. The highest BCUT2D eigenvalue weighted by molar-refractivity contribution is 6.77. The highest BCUT2D eigenvalue weighted by Crippen LogP contribution is 2.19. The number of unbranched alkanes of at least 4 members (excludes halogenated alkanes) is 1. The minimum atomic E-state index is -1.58. The van der Waals surface area contributed by atoms with E-state index in [2.05, 4.69) is 45.0 Å². The van der Waals surface area contributed by atoms with Crippen molar-refractivity contribution >= 4 is 16.6 Å². The normalized spacial score (nSPS) is 13.1. The Kier molecular flexibility index (Phi) is 8.63. The van der Waals surface area contributed by atoms with Crippen molar-refractivity contribution in [1.82, 2.24) is 4.98 Å². The largest absolute Gasteiger partial charge is 0.404 e. The molecule has 0 bridgehead atoms. The predicted octanol–water partition coefficient (Wildman–Crippen LogP) is 4.21. The summed E-state index contributed by atoms with van der Waals surface area (Å²) in [5, 5.41) is 0. The summed E-state index contributed by atoms with van der Waals surface area (Å²) in [6, 6.07) is 2.77. The fourth-order valence-electron chi connectivity index (χ4n) is 1.84. The summed E-state index contributed by atoms with van der Waals surface area (Å²) in [6.07, 6.45) is 3.92. The summed E-state index contributed by atoms with van der Waals surface area (Å²) in [4.78, 5) is 3.57. The van der Waals surface area contributed by atoms with Crippen LogP contribution in [0.15, 0.2) is 0 Å². The second-order valence-electron chi connectivity index (χ2n) is 6.30. The molecule has 1 N–H and O–H groups in total. The Morgan fingerprint density at radius 2 is 1.59 bits per heavy atom. The zero-order valence-electron chi connectivity index (χ0n) is 12.9. The predicted molar refractivity (Wildman–Crippen MR) is 83.7 cm³/mol. The van der Waals surface area contributed by atoms with Crippen LogP contribution in [0.3, 0.4) is 0 Å². The van der Waals surface area contributed by atoms with E-state index in [1.165, 1.54) is 31.4 Å². The van der Waals surface area contributed by atoms with Crippen molar-refractivity contribution < 1.29 is 4.43 Å². The van der Waals surface area contributed by atoms with Crippen molar-refractivity contribution in [1.29, 1.82) is 0 Å². The third-order valence-corrected chi connectivity index (χ3v) is 8.54. The van der Waals surface area contributed by atoms with Crippen LogP contribution in [-0.4, -0.2) is 29.7 Å². The Morgan fingerprint density at radius 3 is 2.12 bits per heavy atom. The molecule has 0 spiro atoms. The summed E-state index contributed by atoms with van der Waals surface area (Å²) >= 11 is 0. The Balaban J connectivity index is 3.80. The van der Waals surface area contributed by atoms with E-state index in [4.69, 9.17) is 4.43 Å². The molecule has 0 aliphatic rings. The quantitative estimate of drug-likeness (QED) is 0.603. The third kappa shape index (κ3) is 10.0. The Hall–Kier alpha value is 0.354. The van der Waals surface area contributed by atoms with Gasteiger partial charge in [0.15, 0.2) is 0 Å². The maximum atomic E-state index is 6.11. The fraction of sp³-hybridized carbons (Fsp3) is 1.00. The van der Waals surface area contributed by atoms with Gasteiger partial charge in [0.05, 0.1) is 0 Å². The van der Waals surface area contributed by atoms with E-state index in [-0.39, 0.29) is 0 Å². The van der Waals surface area contributed by atoms with Crippen LogP contribution in [0.4, 0.5) is 0 Å². The summed E-state index contributed by atoms with van der Waals surface area (Å²) in [7, 11) is -2.57. The zero-order valence-corrected chi connectivity index (χ0v) is 14.9. The van der Waals surface area contributed by atoms with E-state index in [0.717, 1.165) is 13.2 Å². The Bertz CT molecular complexity index is 176. The molecule has 0 amide bonds. The number of rotatable bonds is 10. The van der Waals surface area contributed by atoms with Gasteiger partial charge in [-0.25, -0.2) is 0 Å². The first-order valence-corrected chi connectivity index (χ1v) is 13.5.